The first-order valence-electron chi connectivity index (χ1n) is 7.26. The maximum Gasteiger partial charge on any atom is -0.0160 e. The van der Waals surface area contributed by atoms with Gasteiger partial charge in [0, 0.05) is 0 Å². The zero-order valence-electron chi connectivity index (χ0n) is 13.6. The largest absolute Gasteiger partial charge is 0.0961 e. The smallest absolute Gasteiger partial charge is 0.0160 e. The molecule has 0 aromatic heterocycles. The van der Waals surface area contributed by atoms with Crippen molar-refractivity contribution < 1.29 is 0 Å². The van der Waals surface area contributed by atoms with Crippen molar-refractivity contribution in [1.29, 1.82) is 0 Å². The zero-order chi connectivity index (χ0) is 16.5. The lowest BCUT2D eigenvalue weighted by molar-refractivity contribution is 1.52. The molecular formula is C22H24. The van der Waals surface area contributed by atoms with Gasteiger partial charge in [-0.25, -0.2) is 0 Å². The Hall–Kier alpha value is -2.60. The van der Waals surface area contributed by atoms with E-state index in [9.17, 15) is 0 Å². The molecule has 0 N–H and O–H groups in total. The minimum absolute atomic E-state index is 0.938. The number of allylic oxidation sites excluding steroid dienone is 6. The molecule has 0 aliphatic rings. The molecule has 112 valence electrons. The van der Waals surface area contributed by atoms with Crippen LogP contribution in [0.1, 0.15) is 19.4 Å². The van der Waals surface area contributed by atoms with Crippen molar-refractivity contribution >= 4 is 18.7 Å². The molecule has 1 aromatic rings. The fourth-order valence-corrected chi connectivity index (χ4v) is 1.94. The molecule has 0 heterocycles. The normalized spacial score (nSPS) is 11.1. The van der Waals surface area contributed by atoms with E-state index in [1.54, 1.807) is 0 Å². The Labute approximate surface area is 134 Å². The van der Waals surface area contributed by atoms with Crippen LogP contribution >= 0.6 is 0 Å². The van der Waals surface area contributed by atoms with Crippen LogP contribution in [0.3, 0.4) is 0 Å². The van der Waals surface area contributed by atoms with Gasteiger partial charge in [-0.1, -0.05) is 86.5 Å². The zero-order valence-corrected chi connectivity index (χ0v) is 13.6. The van der Waals surface area contributed by atoms with Crippen molar-refractivity contribution in [3.05, 3.63) is 101 Å². The molecule has 0 heteroatoms. The van der Waals surface area contributed by atoms with Crippen molar-refractivity contribution in [2.24, 2.45) is 0 Å². The predicted molar refractivity (Wildman–Crippen MR) is 101 cm³/mol. The Morgan fingerprint density at radius 3 is 2.14 bits per heavy atom. The summed E-state index contributed by atoms with van der Waals surface area (Å²) in [6, 6.07) is 14.0. The van der Waals surface area contributed by atoms with Crippen LogP contribution < -0.4 is 10.4 Å². The number of hydrogen-bond acceptors (Lipinski definition) is 0. The van der Waals surface area contributed by atoms with E-state index in [-0.39, 0.29) is 0 Å². The van der Waals surface area contributed by atoms with Crippen LogP contribution in [0.5, 0.6) is 0 Å². The topological polar surface area (TPSA) is 0 Å². The third-order valence-corrected chi connectivity index (χ3v) is 3.06. The van der Waals surface area contributed by atoms with Crippen LogP contribution in [0, 0.1) is 0 Å². The molecule has 0 aliphatic heterocycles. The minimum Gasteiger partial charge on any atom is -0.0961 e. The maximum absolute atomic E-state index is 4.16. The van der Waals surface area contributed by atoms with Crippen LogP contribution in [-0.4, -0.2) is 0 Å². The van der Waals surface area contributed by atoms with E-state index in [0.717, 1.165) is 32.7 Å². The second-order valence-corrected chi connectivity index (χ2v) is 5.21. The highest BCUT2D eigenvalue weighted by Crippen LogP contribution is 2.21. The molecule has 0 amide bonds. The molecule has 0 unspecified atom stereocenters. The molecule has 0 atom stereocenters. The molecule has 0 nitrogen and oxygen atoms in total. The molecule has 0 saturated carbocycles. The Kier molecular flexibility index (Phi) is 6.85. The Morgan fingerprint density at radius 1 is 0.909 bits per heavy atom. The van der Waals surface area contributed by atoms with Gasteiger partial charge in [-0.3, -0.25) is 0 Å². The second-order valence-electron chi connectivity index (χ2n) is 5.21. The van der Waals surface area contributed by atoms with Crippen LogP contribution in [0.4, 0.5) is 0 Å². The van der Waals surface area contributed by atoms with Crippen LogP contribution in [0.25, 0.3) is 18.7 Å². The van der Waals surface area contributed by atoms with E-state index in [1.165, 1.54) is 0 Å². The lowest BCUT2D eigenvalue weighted by Crippen LogP contribution is -1.97. The third-order valence-electron chi connectivity index (χ3n) is 3.06. The van der Waals surface area contributed by atoms with Gasteiger partial charge in [0.1, 0.15) is 0 Å². The molecule has 0 spiro atoms. The summed E-state index contributed by atoms with van der Waals surface area (Å²) in [5, 5.41) is 1.88. The fraction of sp³-hybridized carbons (Fsp3) is 0.0909. The highest BCUT2D eigenvalue weighted by atomic mass is 14.1. The van der Waals surface area contributed by atoms with Gasteiger partial charge in [0.25, 0.3) is 0 Å². The average molecular weight is 288 g/mol. The van der Waals surface area contributed by atoms with E-state index in [1.807, 2.05) is 62.4 Å². The first-order valence-corrected chi connectivity index (χ1v) is 7.26. The van der Waals surface area contributed by atoms with Crippen LogP contribution in [-0.2, 0) is 0 Å². The van der Waals surface area contributed by atoms with Gasteiger partial charge in [-0.2, -0.15) is 0 Å². The molecule has 0 fully saturated rings. The van der Waals surface area contributed by atoms with Crippen LogP contribution in [0.2, 0.25) is 0 Å². The highest BCUT2D eigenvalue weighted by Gasteiger charge is 2.01. The minimum atomic E-state index is 0.938. The summed E-state index contributed by atoms with van der Waals surface area (Å²) < 4.78 is 0. The summed E-state index contributed by atoms with van der Waals surface area (Å²) >= 11 is 0. The Balaban J connectivity index is 3.48. The lowest BCUT2D eigenvalue weighted by Gasteiger charge is -2.06. The molecular weight excluding hydrogens is 264 g/mol. The van der Waals surface area contributed by atoms with Gasteiger partial charge >= 0.3 is 0 Å². The van der Waals surface area contributed by atoms with Crippen molar-refractivity contribution in [3.8, 4) is 0 Å². The first-order chi connectivity index (χ1) is 10.4. The Bertz CT molecular complexity index is 772. The van der Waals surface area contributed by atoms with Crippen molar-refractivity contribution in [1.82, 2.24) is 0 Å². The number of hydrogen-bond donors (Lipinski definition) is 0. The first kappa shape index (κ1) is 17.5. The molecule has 1 aromatic carbocycles. The van der Waals surface area contributed by atoms with E-state index < -0.39 is 0 Å². The number of rotatable bonds is 4. The van der Waals surface area contributed by atoms with Crippen LogP contribution in [0.15, 0.2) is 85.0 Å². The summed E-state index contributed by atoms with van der Waals surface area (Å²) in [7, 11) is 0. The maximum atomic E-state index is 4.16. The lowest BCUT2D eigenvalue weighted by atomic mass is 9.98. The third kappa shape index (κ3) is 5.80. The SMILES string of the molecule is C=C(C)/C=C\C(=C)/C(=C/C)c1ccc(=C)ccccc(=C)c1. The van der Waals surface area contributed by atoms with E-state index >= 15 is 0 Å². The molecule has 0 saturated heterocycles. The summed E-state index contributed by atoms with van der Waals surface area (Å²) in [6.07, 6.45) is 6.01. The summed E-state index contributed by atoms with van der Waals surface area (Å²) in [5.74, 6) is 0. The van der Waals surface area contributed by atoms with Gasteiger partial charge in [0.15, 0.2) is 0 Å². The van der Waals surface area contributed by atoms with E-state index in [0.29, 0.717) is 0 Å². The summed E-state index contributed by atoms with van der Waals surface area (Å²) in [5.41, 5.74) is 4.07. The molecule has 0 radical (unpaired) electrons. The quantitative estimate of drug-likeness (QED) is 0.703. The van der Waals surface area contributed by atoms with Gasteiger partial charge in [0.2, 0.25) is 0 Å². The molecule has 0 aliphatic carbocycles. The molecule has 22 heavy (non-hydrogen) atoms. The van der Waals surface area contributed by atoms with E-state index in [2.05, 4.69) is 38.5 Å². The van der Waals surface area contributed by atoms with Gasteiger partial charge in [-0.05, 0) is 47.1 Å². The van der Waals surface area contributed by atoms with E-state index in [4.69, 9.17) is 0 Å². The van der Waals surface area contributed by atoms with Crippen molar-refractivity contribution in [2.75, 3.05) is 0 Å². The predicted octanol–water partition coefficient (Wildman–Crippen LogP) is 4.72. The fourth-order valence-electron chi connectivity index (χ4n) is 1.94. The van der Waals surface area contributed by atoms with Gasteiger partial charge in [-0.15, -0.1) is 0 Å². The second kappa shape index (κ2) is 8.63. The molecule has 0 bridgehead atoms. The average Bonchev–Trinajstić information content (AvgIpc) is 2.47. The summed E-state index contributed by atoms with van der Waals surface area (Å²) in [4.78, 5) is 0. The monoisotopic (exact) mass is 288 g/mol. The van der Waals surface area contributed by atoms with Crippen molar-refractivity contribution in [3.63, 3.8) is 0 Å². The Morgan fingerprint density at radius 2 is 1.55 bits per heavy atom. The van der Waals surface area contributed by atoms with Crippen molar-refractivity contribution in [2.45, 2.75) is 13.8 Å². The molecule has 1 rings (SSSR count). The standard InChI is InChI=1S/C22H24/c1-7-22(20(6)14-12-17(2)3)21-15-13-18(4)10-8-9-11-19(5)16-21/h7-16H,2,4-6H2,1,3H3/b10-8?,11-9?,14-12-,15-13?,21-16?,22-7-. The van der Waals surface area contributed by atoms with Gasteiger partial charge in [0.05, 0.1) is 0 Å². The van der Waals surface area contributed by atoms with Gasteiger partial charge < -0.3 is 0 Å². The summed E-state index contributed by atoms with van der Waals surface area (Å²) in [6.45, 7) is 20.1. The highest BCUT2D eigenvalue weighted by molar-refractivity contribution is 5.80.